The van der Waals surface area contributed by atoms with E-state index in [0.29, 0.717) is 6.42 Å². The first-order valence-corrected chi connectivity index (χ1v) is 7.43. The first-order valence-electron chi connectivity index (χ1n) is 6.18. The molecule has 98 valence electrons. The van der Waals surface area contributed by atoms with Crippen LogP contribution in [-0.4, -0.2) is 5.91 Å². The summed E-state index contributed by atoms with van der Waals surface area (Å²) < 4.78 is 0. The molecule has 0 bridgehead atoms. The normalized spacial score (nSPS) is 15.2. The molecule has 0 spiro atoms. The lowest BCUT2D eigenvalue weighted by Crippen LogP contribution is -2.03. The molecule has 1 aromatic carbocycles. The van der Waals surface area contributed by atoms with E-state index in [1.54, 1.807) is 11.3 Å². The van der Waals surface area contributed by atoms with Crippen LogP contribution >= 0.6 is 22.9 Å². The molecule has 1 atom stereocenters. The lowest BCUT2D eigenvalue weighted by Gasteiger charge is -2.09. The van der Waals surface area contributed by atoms with Crippen LogP contribution in [0.5, 0.6) is 0 Å². The van der Waals surface area contributed by atoms with Crippen molar-refractivity contribution in [3.8, 4) is 0 Å². The summed E-state index contributed by atoms with van der Waals surface area (Å²) in [6.45, 7) is 4.21. The van der Waals surface area contributed by atoms with Gasteiger partial charge < -0.3 is 5.32 Å². The van der Waals surface area contributed by atoms with Gasteiger partial charge in [-0.25, -0.2) is 0 Å². The Kier molecular flexibility index (Phi) is 3.11. The number of halogens is 1. The topological polar surface area (TPSA) is 29.1 Å². The highest BCUT2D eigenvalue weighted by atomic mass is 35.5. The smallest absolute Gasteiger partial charge is 0.228 e. The minimum Gasteiger partial charge on any atom is -0.326 e. The summed E-state index contributed by atoms with van der Waals surface area (Å²) in [5, 5.41) is 2.70. The van der Waals surface area contributed by atoms with Crippen molar-refractivity contribution in [3.63, 3.8) is 0 Å². The minimum absolute atomic E-state index is 0.0566. The van der Waals surface area contributed by atoms with Gasteiger partial charge >= 0.3 is 0 Å². The number of benzene rings is 1. The molecule has 1 N–H and O–H groups in total. The number of alkyl halides is 1. The largest absolute Gasteiger partial charge is 0.326 e. The zero-order chi connectivity index (χ0) is 13.6. The van der Waals surface area contributed by atoms with E-state index in [0.717, 1.165) is 21.7 Å². The summed E-state index contributed by atoms with van der Waals surface area (Å²) in [5.74, 6) is 0.0566. The first kappa shape index (κ1) is 12.7. The molecule has 0 fully saturated rings. The minimum atomic E-state index is -0.140. The number of rotatable bonds is 2. The predicted molar refractivity (Wildman–Crippen MR) is 80.3 cm³/mol. The van der Waals surface area contributed by atoms with Crippen molar-refractivity contribution >= 4 is 34.5 Å². The van der Waals surface area contributed by atoms with Crippen LogP contribution in [-0.2, 0) is 11.2 Å². The van der Waals surface area contributed by atoms with Gasteiger partial charge in [-0.2, -0.15) is 0 Å². The van der Waals surface area contributed by atoms with Gasteiger partial charge in [0.1, 0.15) is 0 Å². The van der Waals surface area contributed by atoms with Crippen LogP contribution in [0.1, 0.15) is 31.8 Å². The van der Waals surface area contributed by atoms with Gasteiger partial charge in [-0.15, -0.1) is 22.9 Å². The van der Waals surface area contributed by atoms with Crippen LogP contribution in [0.25, 0.3) is 0 Å². The summed E-state index contributed by atoms with van der Waals surface area (Å²) in [6, 6.07) is 8.12. The van der Waals surface area contributed by atoms with Crippen molar-refractivity contribution in [2.45, 2.75) is 25.6 Å². The number of aryl methyl sites for hydroxylation is 2. The lowest BCUT2D eigenvalue weighted by molar-refractivity contribution is -0.115. The summed E-state index contributed by atoms with van der Waals surface area (Å²) in [7, 11) is 0. The third-order valence-electron chi connectivity index (χ3n) is 3.48. The van der Waals surface area contributed by atoms with E-state index in [1.807, 2.05) is 18.2 Å². The monoisotopic (exact) mass is 291 g/mol. The highest BCUT2D eigenvalue weighted by Crippen LogP contribution is 2.37. The molecule has 1 amide bonds. The summed E-state index contributed by atoms with van der Waals surface area (Å²) in [6.07, 6.45) is 0.454. The molecular weight excluding hydrogens is 278 g/mol. The molecule has 4 heteroatoms. The Morgan fingerprint density at radius 1 is 1.32 bits per heavy atom. The number of anilines is 1. The van der Waals surface area contributed by atoms with Gasteiger partial charge in [-0.1, -0.05) is 12.1 Å². The number of nitrogens with one attached hydrogen (secondary N) is 1. The molecule has 1 aliphatic heterocycles. The molecule has 1 unspecified atom stereocenters. The number of amides is 1. The van der Waals surface area contributed by atoms with Crippen LogP contribution in [0.2, 0.25) is 0 Å². The molecule has 0 radical (unpaired) electrons. The van der Waals surface area contributed by atoms with E-state index in [-0.39, 0.29) is 11.3 Å². The van der Waals surface area contributed by atoms with Crippen molar-refractivity contribution in [3.05, 3.63) is 50.7 Å². The zero-order valence-corrected chi connectivity index (χ0v) is 12.4. The standard InChI is InChI=1S/C15H14ClNOS/c1-8-5-13(19-9(8)2)15(16)10-3-4-12-11(6-10)7-14(18)17-12/h3-6,15H,7H2,1-2H3,(H,17,18). The summed E-state index contributed by atoms with van der Waals surface area (Å²) >= 11 is 8.30. The Bertz CT molecular complexity index is 643. The van der Waals surface area contributed by atoms with Crippen LogP contribution in [0.15, 0.2) is 24.3 Å². The first-order chi connectivity index (χ1) is 9.04. The van der Waals surface area contributed by atoms with Crippen LogP contribution in [0.3, 0.4) is 0 Å². The maximum atomic E-state index is 11.4. The third-order valence-corrected chi connectivity index (χ3v) is 5.32. The predicted octanol–water partition coefficient (Wildman–Crippen LogP) is 4.19. The Labute approximate surface area is 121 Å². The van der Waals surface area contributed by atoms with Gasteiger partial charge in [-0.05, 0) is 42.7 Å². The van der Waals surface area contributed by atoms with E-state index in [4.69, 9.17) is 11.6 Å². The van der Waals surface area contributed by atoms with E-state index < -0.39 is 0 Å². The molecule has 3 rings (SSSR count). The number of hydrogen-bond acceptors (Lipinski definition) is 2. The highest BCUT2D eigenvalue weighted by Gasteiger charge is 2.20. The number of carbonyl (C=O) groups is 1. The second kappa shape index (κ2) is 4.66. The fourth-order valence-electron chi connectivity index (χ4n) is 2.30. The third kappa shape index (κ3) is 2.28. The second-order valence-electron chi connectivity index (χ2n) is 4.89. The maximum absolute atomic E-state index is 11.4. The van der Waals surface area contributed by atoms with Gasteiger partial charge in [0, 0.05) is 15.4 Å². The fraction of sp³-hybridized carbons (Fsp3) is 0.267. The Balaban J connectivity index is 1.94. The van der Waals surface area contributed by atoms with E-state index in [1.165, 1.54) is 10.4 Å². The SMILES string of the molecule is Cc1cc(C(Cl)c2ccc3c(c2)CC(=O)N3)sc1C. The Hall–Kier alpha value is -1.32. The highest BCUT2D eigenvalue weighted by molar-refractivity contribution is 7.12. The average molecular weight is 292 g/mol. The molecule has 0 aliphatic carbocycles. The van der Waals surface area contributed by atoms with Crippen molar-refractivity contribution in [1.29, 1.82) is 0 Å². The summed E-state index contributed by atoms with van der Waals surface area (Å²) in [5.41, 5.74) is 4.29. The van der Waals surface area contributed by atoms with Crippen LogP contribution in [0.4, 0.5) is 5.69 Å². The van der Waals surface area contributed by atoms with Gasteiger partial charge in [0.25, 0.3) is 0 Å². The van der Waals surface area contributed by atoms with Crippen molar-refractivity contribution in [2.75, 3.05) is 5.32 Å². The van der Waals surface area contributed by atoms with Gasteiger partial charge in [0.05, 0.1) is 11.8 Å². The Morgan fingerprint density at radius 3 is 2.79 bits per heavy atom. The van der Waals surface area contributed by atoms with Crippen molar-refractivity contribution in [1.82, 2.24) is 0 Å². The second-order valence-corrected chi connectivity index (χ2v) is 6.62. The number of carbonyl (C=O) groups excluding carboxylic acids is 1. The quantitative estimate of drug-likeness (QED) is 0.826. The van der Waals surface area contributed by atoms with E-state index in [9.17, 15) is 4.79 Å². The fourth-order valence-corrected chi connectivity index (χ4v) is 3.68. The molecular formula is C15H14ClNOS. The maximum Gasteiger partial charge on any atom is 0.228 e. The lowest BCUT2D eigenvalue weighted by atomic mass is 10.0. The van der Waals surface area contributed by atoms with Crippen LogP contribution in [0, 0.1) is 13.8 Å². The van der Waals surface area contributed by atoms with E-state index >= 15 is 0 Å². The number of hydrogen-bond donors (Lipinski definition) is 1. The zero-order valence-electron chi connectivity index (χ0n) is 10.8. The van der Waals surface area contributed by atoms with Crippen molar-refractivity contribution in [2.24, 2.45) is 0 Å². The molecule has 0 saturated heterocycles. The Morgan fingerprint density at radius 2 is 2.11 bits per heavy atom. The number of thiophene rings is 1. The molecule has 2 nitrogen and oxygen atoms in total. The van der Waals surface area contributed by atoms with E-state index in [2.05, 4.69) is 25.2 Å². The van der Waals surface area contributed by atoms with Crippen molar-refractivity contribution < 1.29 is 4.79 Å². The molecule has 2 aromatic rings. The molecule has 1 aromatic heterocycles. The molecule has 0 saturated carbocycles. The van der Waals surface area contributed by atoms with Crippen LogP contribution < -0.4 is 5.32 Å². The average Bonchev–Trinajstić information content (AvgIpc) is 2.90. The van der Waals surface area contributed by atoms with Gasteiger partial charge in [-0.3, -0.25) is 4.79 Å². The molecule has 19 heavy (non-hydrogen) atoms. The molecule has 1 aliphatic rings. The van der Waals surface area contributed by atoms with Gasteiger partial charge in [0.15, 0.2) is 0 Å². The summed E-state index contributed by atoms with van der Waals surface area (Å²) in [4.78, 5) is 13.8. The van der Waals surface area contributed by atoms with Gasteiger partial charge in [0.2, 0.25) is 5.91 Å². The number of fused-ring (bicyclic) bond motifs is 1. The molecule has 2 heterocycles.